The molecule has 0 aliphatic heterocycles. The SMILES string of the molecule is CCO[Si](OCC)(OCC)[Si](C)(C)c1ccc(C(F)(F)C(F)(F)C(F)(F)C(F)(F)C(F)(F)C(F)(F)C(F)(F)C(F)(F)F)cc1. The molecule has 0 fully saturated rings. The van der Waals surface area contributed by atoms with Gasteiger partial charge in [-0.2, -0.15) is 74.6 Å². The molecule has 0 spiro atoms. The van der Waals surface area contributed by atoms with Gasteiger partial charge in [-0.3, -0.25) is 0 Å². The second-order valence-electron chi connectivity index (χ2n) is 9.58. The predicted molar refractivity (Wildman–Crippen MR) is 124 cm³/mol. The molecule has 258 valence electrons. The number of halogens is 17. The molecule has 0 saturated heterocycles. The second-order valence-corrected chi connectivity index (χ2v) is 21.0. The highest BCUT2D eigenvalue weighted by atomic mass is 29.3. The first-order valence-corrected chi connectivity index (χ1v) is 17.9. The Morgan fingerprint density at radius 1 is 0.477 bits per heavy atom. The number of hydrogen-bond donors (Lipinski definition) is 0. The fraction of sp³-hybridized carbons (Fsp3) is 0.727. The van der Waals surface area contributed by atoms with Crippen molar-refractivity contribution in [1.29, 1.82) is 0 Å². The Kier molecular flexibility index (Phi) is 11.2. The summed E-state index contributed by atoms with van der Waals surface area (Å²) in [5.41, 5.74) is -2.28. The van der Waals surface area contributed by atoms with E-state index in [0.717, 1.165) is 0 Å². The van der Waals surface area contributed by atoms with Crippen LogP contribution in [0.1, 0.15) is 26.3 Å². The lowest BCUT2D eigenvalue weighted by Crippen LogP contribution is -2.74. The summed E-state index contributed by atoms with van der Waals surface area (Å²) in [6.07, 6.45) is -7.80. The van der Waals surface area contributed by atoms with Crippen LogP contribution in [-0.2, 0) is 19.2 Å². The Balaban J connectivity index is 3.73. The molecule has 0 aliphatic rings. The van der Waals surface area contributed by atoms with Gasteiger partial charge in [0.15, 0.2) is 7.59 Å². The third-order valence-corrected chi connectivity index (χ3v) is 18.5. The highest BCUT2D eigenvalue weighted by molar-refractivity contribution is 7.39. The van der Waals surface area contributed by atoms with Gasteiger partial charge in [-0.15, -0.1) is 0 Å². The molecule has 0 aromatic heterocycles. The summed E-state index contributed by atoms with van der Waals surface area (Å²) in [5, 5.41) is 0.0139. The van der Waals surface area contributed by atoms with E-state index >= 15 is 0 Å². The van der Waals surface area contributed by atoms with Crippen LogP contribution in [0.3, 0.4) is 0 Å². The second kappa shape index (κ2) is 12.2. The molecule has 22 heteroatoms. The van der Waals surface area contributed by atoms with Crippen molar-refractivity contribution >= 4 is 21.1 Å². The summed E-state index contributed by atoms with van der Waals surface area (Å²) in [6, 6.07) is 1.18. The van der Waals surface area contributed by atoms with Gasteiger partial charge < -0.3 is 13.3 Å². The zero-order valence-electron chi connectivity index (χ0n) is 23.1. The molecule has 0 N–H and O–H groups in total. The van der Waals surface area contributed by atoms with E-state index < -0.39 is 69.1 Å². The van der Waals surface area contributed by atoms with Gasteiger partial charge in [0.05, 0.1) is 0 Å². The lowest BCUT2D eigenvalue weighted by Gasteiger charge is -2.43. The third-order valence-electron chi connectivity index (χ3n) is 6.46. The fourth-order valence-electron chi connectivity index (χ4n) is 3.85. The molecular formula is C22H25F17O3Si2. The third kappa shape index (κ3) is 5.74. The molecule has 0 unspecified atom stereocenters. The van der Waals surface area contributed by atoms with Crippen molar-refractivity contribution in [2.75, 3.05) is 19.8 Å². The molecule has 0 heterocycles. The van der Waals surface area contributed by atoms with Gasteiger partial charge >= 0.3 is 56.0 Å². The van der Waals surface area contributed by atoms with Crippen LogP contribution < -0.4 is 5.19 Å². The van der Waals surface area contributed by atoms with Crippen LogP contribution in [-0.4, -0.2) is 77.4 Å². The largest absolute Gasteiger partial charge is 0.475 e. The van der Waals surface area contributed by atoms with Crippen LogP contribution in [0.15, 0.2) is 24.3 Å². The maximum atomic E-state index is 14.7. The summed E-state index contributed by atoms with van der Waals surface area (Å²) in [6.45, 7) is 7.65. The highest BCUT2D eigenvalue weighted by Gasteiger charge is 2.95. The summed E-state index contributed by atoms with van der Waals surface area (Å²) in [7, 11) is -6.97. The Morgan fingerprint density at radius 3 is 1.07 bits per heavy atom. The summed E-state index contributed by atoms with van der Waals surface area (Å²) in [4.78, 5) is 0. The van der Waals surface area contributed by atoms with Gasteiger partial charge in [0.25, 0.3) is 0 Å². The van der Waals surface area contributed by atoms with Crippen LogP contribution in [0.5, 0.6) is 0 Å². The van der Waals surface area contributed by atoms with Gasteiger partial charge in [0, 0.05) is 25.4 Å². The standard InChI is InChI=1S/C22H25F17O3Si2/c1-6-40-44(41-7-2,42-8-3)43(4,5)14-11-9-13(10-12-14)15(23,24)16(25,26)17(27,28)18(29,30)19(31,32)20(33,34)21(35,36)22(37,38)39/h9-12H,6-8H2,1-5H3. The summed E-state index contributed by atoms with van der Waals surface area (Å²) < 4.78 is 249. The number of rotatable bonds is 15. The topological polar surface area (TPSA) is 27.7 Å². The van der Waals surface area contributed by atoms with Crippen LogP contribution in [0.2, 0.25) is 13.1 Å². The van der Waals surface area contributed by atoms with Gasteiger partial charge in [-0.1, -0.05) is 42.5 Å². The molecule has 0 bridgehead atoms. The normalized spacial score (nSPS) is 15.6. The van der Waals surface area contributed by atoms with Crippen molar-refractivity contribution in [3.8, 4) is 0 Å². The average molecular weight is 717 g/mol. The summed E-state index contributed by atoms with van der Waals surface area (Å²) in [5.74, 6) is -56.9. The Hall–Kier alpha value is -1.66. The quantitative estimate of drug-likeness (QED) is 0.135. The maximum absolute atomic E-state index is 14.7. The van der Waals surface area contributed by atoms with E-state index in [4.69, 9.17) is 13.3 Å². The molecular weight excluding hydrogens is 691 g/mol. The van der Waals surface area contributed by atoms with E-state index in [2.05, 4.69) is 0 Å². The van der Waals surface area contributed by atoms with Crippen LogP contribution in [0.4, 0.5) is 74.6 Å². The zero-order chi connectivity index (χ0) is 35.2. The molecule has 1 rings (SSSR count). The van der Waals surface area contributed by atoms with E-state index in [1.54, 1.807) is 0 Å². The smallest absolute Gasteiger partial charge is 0.376 e. The molecule has 0 amide bonds. The Labute approximate surface area is 240 Å². The van der Waals surface area contributed by atoms with E-state index in [0.29, 0.717) is 12.1 Å². The van der Waals surface area contributed by atoms with Crippen LogP contribution in [0, 0.1) is 0 Å². The molecule has 3 nitrogen and oxygen atoms in total. The fourth-order valence-corrected chi connectivity index (χ4v) is 13.8. The first-order valence-electron chi connectivity index (χ1n) is 12.1. The Bertz CT molecular complexity index is 1100. The van der Waals surface area contributed by atoms with E-state index in [-0.39, 0.29) is 37.1 Å². The van der Waals surface area contributed by atoms with Gasteiger partial charge in [-0.25, -0.2) is 0 Å². The van der Waals surface area contributed by atoms with Crippen molar-refractivity contribution in [2.24, 2.45) is 0 Å². The first kappa shape index (κ1) is 40.4. The molecule has 1 aromatic carbocycles. The maximum Gasteiger partial charge on any atom is 0.475 e. The zero-order valence-corrected chi connectivity index (χ0v) is 25.1. The van der Waals surface area contributed by atoms with Crippen molar-refractivity contribution in [2.45, 2.75) is 81.5 Å². The minimum Gasteiger partial charge on any atom is -0.376 e. The minimum absolute atomic E-state index is 0.00685. The van der Waals surface area contributed by atoms with E-state index in [1.165, 1.54) is 33.9 Å². The lowest BCUT2D eigenvalue weighted by molar-refractivity contribution is -0.462. The van der Waals surface area contributed by atoms with Gasteiger partial charge in [0.2, 0.25) is 0 Å². The monoisotopic (exact) mass is 716 g/mol. The molecule has 0 aliphatic carbocycles. The number of hydrogen-bond acceptors (Lipinski definition) is 3. The molecule has 44 heavy (non-hydrogen) atoms. The van der Waals surface area contributed by atoms with Crippen molar-refractivity contribution < 1.29 is 87.9 Å². The van der Waals surface area contributed by atoms with Crippen LogP contribution >= 0.6 is 0 Å². The molecule has 0 radical (unpaired) electrons. The average Bonchev–Trinajstić information content (AvgIpc) is 2.87. The lowest BCUT2D eigenvalue weighted by atomic mass is 9.87. The molecule has 0 atom stereocenters. The van der Waals surface area contributed by atoms with Crippen LogP contribution in [0.25, 0.3) is 0 Å². The Morgan fingerprint density at radius 2 is 0.773 bits per heavy atom. The van der Waals surface area contributed by atoms with E-state index in [9.17, 15) is 74.6 Å². The molecule has 0 saturated carbocycles. The van der Waals surface area contributed by atoms with Crippen molar-refractivity contribution in [3.63, 3.8) is 0 Å². The van der Waals surface area contributed by atoms with E-state index in [1.807, 2.05) is 0 Å². The number of alkyl halides is 17. The predicted octanol–water partition coefficient (Wildman–Crippen LogP) is 8.19. The van der Waals surface area contributed by atoms with Crippen molar-refractivity contribution in [1.82, 2.24) is 0 Å². The van der Waals surface area contributed by atoms with Gasteiger partial charge in [0.1, 0.15) is 0 Å². The highest BCUT2D eigenvalue weighted by Crippen LogP contribution is 2.65. The van der Waals surface area contributed by atoms with Gasteiger partial charge in [-0.05, 0) is 20.8 Å². The first-order chi connectivity index (χ1) is 19.4. The summed E-state index contributed by atoms with van der Waals surface area (Å²) >= 11 is 0. The molecule has 1 aromatic rings. The minimum atomic E-state index is -8.67. The number of benzene rings is 1. The van der Waals surface area contributed by atoms with Crippen molar-refractivity contribution in [3.05, 3.63) is 29.8 Å².